The summed E-state index contributed by atoms with van der Waals surface area (Å²) in [5.41, 5.74) is -0.562. The molecule has 31 heavy (non-hydrogen) atoms. The molecule has 0 radical (unpaired) electrons. The summed E-state index contributed by atoms with van der Waals surface area (Å²) in [6, 6.07) is 1.74. The Kier molecular flexibility index (Phi) is 9.50. The second kappa shape index (κ2) is 11.6. The summed E-state index contributed by atoms with van der Waals surface area (Å²) < 4.78 is 5.99. The zero-order chi connectivity index (χ0) is 23.0. The predicted molar refractivity (Wildman–Crippen MR) is 118 cm³/mol. The number of aromatic nitrogens is 2. The van der Waals surface area contributed by atoms with Crippen molar-refractivity contribution >= 4 is 12.1 Å². The molecule has 2 aliphatic carbocycles. The Balaban J connectivity index is 0.000000231. The third kappa shape index (κ3) is 8.26. The fraction of sp³-hybridized carbons (Fsp3) is 0.783. The molecule has 3 rings (SSSR count). The van der Waals surface area contributed by atoms with Crippen LogP contribution in [0.1, 0.15) is 102 Å². The van der Waals surface area contributed by atoms with E-state index in [1.807, 2.05) is 0 Å². The predicted octanol–water partition coefficient (Wildman–Crippen LogP) is 4.33. The Hall–Kier alpha value is -1.93. The van der Waals surface area contributed by atoms with Gasteiger partial charge in [0.25, 0.3) is 0 Å². The van der Waals surface area contributed by atoms with Gasteiger partial charge in [0.15, 0.2) is 6.10 Å². The molecule has 1 unspecified atom stereocenters. The lowest BCUT2D eigenvalue weighted by Crippen LogP contribution is -2.40. The number of carboxylic acid groups (broad SMARTS) is 1. The van der Waals surface area contributed by atoms with Crippen molar-refractivity contribution in [2.75, 3.05) is 0 Å². The highest BCUT2D eigenvalue weighted by molar-refractivity contribution is 5.78. The monoisotopic (exact) mass is 437 g/mol. The van der Waals surface area contributed by atoms with Crippen molar-refractivity contribution in [2.24, 2.45) is 0 Å². The molecule has 2 fully saturated rings. The maximum Gasteiger partial charge on any atom is 0.420 e. The van der Waals surface area contributed by atoms with Crippen LogP contribution in [0.2, 0.25) is 0 Å². The quantitative estimate of drug-likeness (QED) is 0.642. The number of aryl methyl sites for hydroxylation is 1. The van der Waals surface area contributed by atoms with E-state index < -0.39 is 23.8 Å². The molecule has 8 nitrogen and oxygen atoms in total. The number of ether oxygens (including phenoxy) is 1. The molecular weight excluding hydrogens is 398 g/mol. The van der Waals surface area contributed by atoms with E-state index >= 15 is 0 Å². The van der Waals surface area contributed by atoms with Crippen LogP contribution >= 0.6 is 0 Å². The third-order valence-electron chi connectivity index (χ3n) is 5.76. The van der Waals surface area contributed by atoms with Crippen LogP contribution in [-0.4, -0.2) is 49.5 Å². The molecule has 0 saturated heterocycles. The van der Waals surface area contributed by atoms with Gasteiger partial charge in [-0.15, -0.1) is 0 Å². The minimum absolute atomic E-state index is 0.100. The number of nitrogens with one attached hydrogen (secondary N) is 1. The molecule has 1 atom stereocenters. The van der Waals surface area contributed by atoms with Gasteiger partial charge in [-0.05, 0) is 53.4 Å². The lowest BCUT2D eigenvalue weighted by Gasteiger charge is -2.30. The first-order valence-electron chi connectivity index (χ1n) is 11.5. The summed E-state index contributed by atoms with van der Waals surface area (Å²) in [6.45, 7) is 6.55. The SMILES string of the molecule is C1CCC(NC2CCCCC2)CC1.Cc1ncn(C(=O)OC(C)(C)C)c1C(O)C(=O)O. The Bertz CT molecular complexity index is 697. The highest BCUT2D eigenvalue weighted by Gasteiger charge is 2.28. The van der Waals surface area contributed by atoms with Crippen molar-refractivity contribution in [3.63, 3.8) is 0 Å². The second-order valence-electron chi connectivity index (χ2n) is 9.64. The summed E-state index contributed by atoms with van der Waals surface area (Å²) in [5, 5.41) is 22.2. The van der Waals surface area contributed by atoms with Gasteiger partial charge in [-0.2, -0.15) is 0 Å². The van der Waals surface area contributed by atoms with Crippen molar-refractivity contribution in [2.45, 2.75) is 116 Å². The van der Waals surface area contributed by atoms with Crippen LogP contribution in [-0.2, 0) is 9.53 Å². The molecule has 8 heteroatoms. The summed E-state index contributed by atoms with van der Waals surface area (Å²) in [5.74, 6) is -1.46. The summed E-state index contributed by atoms with van der Waals surface area (Å²) in [7, 11) is 0. The van der Waals surface area contributed by atoms with E-state index in [0.29, 0.717) is 0 Å². The van der Waals surface area contributed by atoms with E-state index in [-0.39, 0.29) is 11.4 Å². The van der Waals surface area contributed by atoms with Crippen LogP contribution in [0.5, 0.6) is 0 Å². The number of hydrogen-bond donors (Lipinski definition) is 3. The van der Waals surface area contributed by atoms with Gasteiger partial charge in [0.1, 0.15) is 11.9 Å². The Labute approximate surface area is 185 Å². The molecule has 1 aromatic rings. The zero-order valence-corrected chi connectivity index (χ0v) is 19.4. The zero-order valence-electron chi connectivity index (χ0n) is 19.4. The molecule has 176 valence electrons. The Morgan fingerprint density at radius 3 is 1.97 bits per heavy atom. The Morgan fingerprint density at radius 2 is 1.55 bits per heavy atom. The summed E-state index contributed by atoms with van der Waals surface area (Å²) >= 11 is 0. The van der Waals surface area contributed by atoms with Crippen molar-refractivity contribution < 1.29 is 24.5 Å². The fourth-order valence-corrected chi connectivity index (χ4v) is 4.22. The maximum absolute atomic E-state index is 11.8. The molecule has 1 heterocycles. The number of carbonyl (C=O) groups is 2. The van der Waals surface area contributed by atoms with Crippen LogP contribution in [0.15, 0.2) is 6.33 Å². The van der Waals surface area contributed by atoms with Gasteiger partial charge >= 0.3 is 12.1 Å². The number of aliphatic carboxylic acids is 1. The van der Waals surface area contributed by atoms with E-state index in [0.717, 1.165) is 23.0 Å². The molecule has 1 aromatic heterocycles. The summed E-state index contributed by atoms with van der Waals surface area (Å²) in [4.78, 5) is 26.4. The smallest absolute Gasteiger partial charge is 0.420 e. The fourth-order valence-electron chi connectivity index (χ4n) is 4.22. The third-order valence-corrected chi connectivity index (χ3v) is 5.76. The number of nitrogens with zero attached hydrogens (tertiary/aromatic N) is 2. The summed E-state index contributed by atoms with van der Waals surface area (Å²) in [6.07, 6.45) is 13.1. The van der Waals surface area contributed by atoms with E-state index in [9.17, 15) is 14.7 Å². The Morgan fingerprint density at radius 1 is 1.06 bits per heavy atom. The lowest BCUT2D eigenvalue weighted by molar-refractivity contribution is -0.147. The molecule has 3 N–H and O–H groups in total. The number of carbonyl (C=O) groups excluding carboxylic acids is 1. The van der Waals surface area contributed by atoms with Crippen LogP contribution < -0.4 is 5.32 Å². The van der Waals surface area contributed by atoms with E-state index in [2.05, 4.69) is 10.3 Å². The van der Waals surface area contributed by atoms with Crippen LogP contribution in [0.25, 0.3) is 0 Å². The topological polar surface area (TPSA) is 114 Å². The average Bonchev–Trinajstić information content (AvgIpc) is 3.09. The maximum atomic E-state index is 11.8. The number of aliphatic hydroxyl groups excluding tert-OH is 1. The first kappa shape index (κ1) is 25.3. The van der Waals surface area contributed by atoms with E-state index in [1.165, 1.54) is 71.1 Å². The molecule has 2 saturated carbocycles. The van der Waals surface area contributed by atoms with Crippen LogP contribution in [0.3, 0.4) is 0 Å². The van der Waals surface area contributed by atoms with E-state index in [4.69, 9.17) is 9.84 Å². The highest BCUT2D eigenvalue weighted by atomic mass is 16.6. The van der Waals surface area contributed by atoms with Gasteiger partial charge < -0.3 is 20.3 Å². The molecule has 2 aliphatic rings. The van der Waals surface area contributed by atoms with Crippen molar-refractivity contribution in [3.8, 4) is 0 Å². The van der Waals surface area contributed by atoms with Crippen LogP contribution in [0.4, 0.5) is 4.79 Å². The number of rotatable bonds is 4. The van der Waals surface area contributed by atoms with Crippen molar-refractivity contribution in [3.05, 3.63) is 17.7 Å². The van der Waals surface area contributed by atoms with Gasteiger partial charge in [-0.25, -0.2) is 19.1 Å². The first-order valence-corrected chi connectivity index (χ1v) is 11.5. The highest BCUT2D eigenvalue weighted by Crippen LogP contribution is 2.22. The number of aliphatic hydroxyl groups is 1. The van der Waals surface area contributed by atoms with Crippen LogP contribution in [0, 0.1) is 6.92 Å². The van der Waals surface area contributed by atoms with Crippen molar-refractivity contribution in [1.82, 2.24) is 14.9 Å². The first-order chi connectivity index (χ1) is 14.6. The normalized spacial score (nSPS) is 19.3. The minimum Gasteiger partial charge on any atom is -0.479 e. The average molecular weight is 438 g/mol. The number of hydrogen-bond acceptors (Lipinski definition) is 6. The molecule has 0 amide bonds. The van der Waals surface area contributed by atoms with Gasteiger partial charge in [0.05, 0.1) is 11.4 Å². The largest absolute Gasteiger partial charge is 0.479 e. The van der Waals surface area contributed by atoms with Gasteiger partial charge in [0, 0.05) is 12.1 Å². The van der Waals surface area contributed by atoms with E-state index in [1.54, 1.807) is 20.8 Å². The number of carboxylic acids is 1. The molecule has 0 aromatic carbocycles. The van der Waals surface area contributed by atoms with Gasteiger partial charge in [0.2, 0.25) is 0 Å². The van der Waals surface area contributed by atoms with Crippen molar-refractivity contribution in [1.29, 1.82) is 0 Å². The minimum atomic E-state index is -1.82. The van der Waals surface area contributed by atoms with Gasteiger partial charge in [-0.1, -0.05) is 38.5 Å². The standard InChI is InChI=1S/C12H23N.C11H16N2O5/c1-3-7-11(8-4-1)13-12-9-5-2-6-10-12;1-6-7(8(14)9(15)16)13(5-12-6)10(17)18-11(2,3)4/h11-13H,1-10H2;5,8,14H,1-4H3,(H,15,16). The molecule has 0 aliphatic heterocycles. The lowest BCUT2D eigenvalue weighted by atomic mass is 9.91. The molecule has 0 spiro atoms. The number of imidazole rings is 1. The van der Waals surface area contributed by atoms with Gasteiger partial charge in [-0.3, -0.25) is 0 Å². The molecular formula is C23H39N3O5. The second-order valence-corrected chi connectivity index (χ2v) is 9.64. The molecule has 0 bridgehead atoms.